The molecule has 10 heteroatoms. The molecule has 0 spiro atoms. The molecule has 35 heavy (non-hydrogen) atoms. The van der Waals surface area contributed by atoms with Crippen LogP contribution in [0.3, 0.4) is 0 Å². The van der Waals surface area contributed by atoms with Gasteiger partial charge in [0.2, 0.25) is 0 Å². The van der Waals surface area contributed by atoms with Crippen molar-refractivity contribution in [2.75, 3.05) is 10.0 Å². The third kappa shape index (κ3) is 6.62. The van der Waals surface area contributed by atoms with Crippen LogP contribution in [-0.2, 0) is 10.0 Å². The van der Waals surface area contributed by atoms with Crippen molar-refractivity contribution in [2.24, 2.45) is 10.2 Å². The maximum atomic E-state index is 13.0. The zero-order valence-corrected chi connectivity index (χ0v) is 22.0. The Morgan fingerprint density at radius 3 is 1.97 bits per heavy atom. The third-order valence-electron chi connectivity index (χ3n) is 4.76. The summed E-state index contributed by atoms with van der Waals surface area (Å²) in [4.78, 5) is 13.0. The van der Waals surface area contributed by atoms with Crippen molar-refractivity contribution in [1.29, 1.82) is 0 Å². The van der Waals surface area contributed by atoms with Crippen molar-refractivity contribution in [3.63, 3.8) is 0 Å². The van der Waals surface area contributed by atoms with Crippen LogP contribution >= 0.6 is 31.9 Å². The molecule has 0 saturated heterocycles. The second-order valence-electron chi connectivity index (χ2n) is 7.29. The van der Waals surface area contributed by atoms with Crippen molar-refractivity contribution in [1.82, 2.24) is 0 Å². The lowest BCUT2D eigenvalue weighted by Crippen LogP contribution is -2.18. The maximum Gasteiger partial charge on any atom is 0.261 e. The van der Waals surface area contributed by atoms with Crippen LogP contribution in [0.4, 0.5) is 22.7 Å². The Kier molecular flexibility index (Phi) is 7.74. The first kappa shape index (κ1) is 24.8. The van der Waals surface area contributed by atoms with E-state index < -0.39 is 15.9 Å². The number of benzene rings is 4. The summed E-state index contributed by atoms with van der Waals surface area (Å²) in [5.41, 5.74) is 2.09. The van der Waals surface area contributed by atoms with Gasteiger partial charge in [0.15, 0.2) is 0 Å². The predicted octanol–water partition coefficient (Wildman–Crippen LogP) is 7.68. The van der Waals surface area contributed by atoms with Gasteiger partial charge in [-0.15, -0.1) is 0 Å². The van der Waals surface area contributed by atoms with Gasteiger partial charge in [0.25, 0.3) is 15.9 Å². The van der Waals surface area contributed by atoms with Gasteiger partial charge in [-0.25, -0.2) is 8.42 Å². The SMILES string of the molecule is O=C(Nc1ccc(Br)cc1)c1cc(Br)ccc1NS(=O)(=O)c1ccc(N=Nc2ccccc2)cc1. The standard InChI is InChI=1S/C25H18Br2N4O3S/c26-17-6-9-19(10-7-17)28-25(32)23-16-18(27)8-15-24(23)31-35(33,34)22-13-11-21(12-14-22)30-29-20-4-2-1-3-5-20/h1-16,31H,(H,28,32). The molecule has 0 aliphatic heterocycles. The molecule has 0 aliphatic carbocycles. The fourth-order valence-corrected chi connectivity index (χ4v) is 4.74. The highest BCUT2D eigenvalue weighted by molar-refractivity contribution is 9.10. The van der Waals surface area contributed by atoms with Crippen LogP contribution in [0, 0.1) is 0 Å². The van der Waals surface area contributed by atoms with Gasteiger partial charge in [-0.05, 0) is 78.9 Å². The molecule has 4 aromatic carbocycles. The molecule has 2 N–H and O–H groups in total. The van der Waals surface area contributed by atoms with Gasteiger partial charge in [-0.1, -0.05) is 50.1 Å². The molecular weight excluding hydrogens is 596 g/mol. The average molecular weight is 614 g/mol. The van der Waals surface area contributed by atoms with Crippen LogP contribution in [-0.4, -0.2) is 14.3 Å². The highest BCUT2D eigenvalue weighted by Gasteiger charge is 2.19. The molecule has 176 valence electrons. The summed E-state index contributed by atoms with van der Waals surface area (Å²) in [5, 5.41) is 11.0. The minimum atomic E-state index is -3.97. The molecule has 7 nitrogen and oxygen atoms in total. The molecule has 0 atom stereocenters. The van der Waals surface area contributed by atoms with Crippen LogP contribution in [0.1, 0.15) is 10.4 Å². The van der Waals surface area contributed by atoms with E-state index >= 15 is 0 Å². The lowest BCUT2D eigenvalue weighted by atomic mass is 10.1. The van der Waals surface area contributed by atoms with Crippen LogP contribution in [0.2, 0.25) is 0 Å². The zero-order valence-electron chi connectivity index (χ0n) is 18.0. The smallest absolute Gasteiger partial charge is 0.261 e. The summed E-state index contributed by atoms with van der Waals surface area (Å²) >= 11 is 6.69. The third-order valence-corrected chi connectivity index (χ3v) is 7.16. The molecule has 0 radical (unpaired) electrons. The van der Waals surface area contributed by atoms with E-state index in [4.69, 9.17) is 0 Å². The molecule has 0 unspecified atom stereocenters. The van der Waals surface area contributed by atoms with E-state index in [2.05, 4.69) is 52.1 Å². The van der Waals surface area contributed by atoms with E-state index in [-0.39, 0.29) is 16.1 Å². The number of carbonyl (C=O) groups is 1. The summed E-state index contributed by atoms with van der Waals surface area (Å²) in [6, 6.07) is 27.0. The van der Waals surface area contributed by atoms with Gasteiger partial charge in [-0.3, -0.25) is 9.52 Å². The van der Waals surface area contributed by atoms with Gasteiger partial charge in [0, 0.05) is 14.6 Å². The van der Waals surface area contributed by atoms with Crippen LogP contribution in [0.25, 0.3) is 0 Å². The number of amides is 1. The fourth-order valence-electron chi connectivity index (χ4n) is 3.03. The van der Waals surface area contributed by atoms with Crippen molar-refractivity contribution >= 4 is 70.5 Å². The minimum Gasteiger partial charge on any atom is -0.322 e. The van der Waals surface area contributed by atoms with E-state index in [1.807, 2.05) is 30.3 Å². The van der Waals surface area contributed by atoms with Crippen molar-refractivity contribution < 1.29 is 13.2 Å². The summed E-state index contributed by atoms with van der Waals surface area (Å²) in [5.74, 6) is -0.456. The predicted molar refractivity (Wildman–Crippen MR) is 144 cm³/mol. The topological polar surface area (TPSA) is 100.0 Å². The summed E-state index contributed by atoms with van der Waals surface area (Å²) in [7, 11) is -3.97. The number of anilines is 2. The Hall–Kier alpha value is -3.34. The Morgan fingerprint density at radius 2 is 1.31 bits per heavy atom. The van der Waals surface area contributed by atoms with E-state index in [0.717, 1.165) is 4.47 Å². The second kappa shape index (κ2) is 10.9. The molecule has 4 aromatic rings. The lowest BCUT2D eigenvalue weighted by molar-refractivity contribution is 0.102. The number of hydrogen-bond acceptors (Lipinski definition) is 5. The second-order valence-corrected chi connectivity index (χ2v) is 10.8. The summed E-state index contributed by atoms with van der Waals surface area (Å²) < 4.78 is 30.1. The average Bonchev–Trinajstić information content (AvgIpc) is 2.86. The highest BCUT2D eigenvalue weighted by atomic mass is 79.9. The van der Waals surface area contributed by atoms with Gasteiger partial charge in [0.05, 0.1) is 27.5 Å². The Labute approximate surface area is 219 Å². The number of halogens is 2. The lowest BCUT2D eigenvalue weighted by Gasteiger charge is -2.13. The number of hydrogen-bond donors (Lipinski definition) is 2. The van der Waals surface area contributed by atoms with Crippen LogP contribution in [0.15, 0.2) is 121 Å². The fraction of sp³-hybridized carbons (Fsp3) is 0. The van der Waals surface area contributed by atoms with Crippen LogP contribution < -0.4 is 10.0 Å². The van der Waals surface area contributed by atoms with Crippen molar-refractivity contribution in [3.05, 3.63) is 112 Å². The van der Waals surface area contributed by atoms with Gasteiger partial charge in [-0.2, -0.15) is 10.2 Å². The monoisotopic (exact) mass is 612 g/mol. The molecule has 0 aromatic heterocycles. The normalized spacial score (nSPS) is 11.4. The maximum absolute atomic E-state index is 13.0. The number of rotatable bonds is 7. The largest absolute Gasteiger partial charge is 0.322 e. The van der Waals surface area contributed by atoms with Gasteiger partial charge < -0.3 is 5.32 Å². The van der Waals surface area contributed by atoms with E-state index in [1.165, 1.54) is 18.2 Å². The number of carbonyl (C=O) groups excluding carboxylic acids is 1. The molecule has 0 fully saturated rings. The number of sulfonamides is 1. The van der Waals surface area contributed by atoms with E-state index in [9.17, 15) is 13.2 Å². The molecule has 0 heterocycles. The Morgan fingerprint density at radius 1 is 0.714 bits per heavy atom. The first-order valence-corrected chi connectivity index (χ1v) is 13.3. The van der Waals surface area contributed by atoms with Crippen molar-refractivity contribution in [2.45, 2.75) is 4.90 Å². The number of nitrogens with one attached hydrogen (secondary N) is 2. The molecule has 4 rings (SSSR count). The Balaban J connectivity index is 1.53. The first-order valence-electron chi connectivity index (χ1n) is 10.3. The summed E-state index contributed by atoms with van der Waals surface area (Å²) in [6.07, 6.45) is 0. The van der Waals surface area contributed by atoms with Crippen molar-refractivity contribution in [3.8, 4) is 0 Å². The molecular formula is C25H18Br2N4O3S. The molecule has 0 saturated carbocycles. The van der Waals surface area contributed by atoms with E-state index in [1.54, 1.807) is 48.5 Å². The van der Waals surface area contributed by atoms with Gasteiger partial charge in [0.1, 0.15) is 0 Å². The molecule has 1 amide bonds. The number of azo groups is 1. The number of nitrogens with zero attached hydrogens (tertiary/aromatic N) is 2. The quantitative estimate of drug-likeness (QED) is 0.209. The summed E-state index contributed by atoms with van der Waals surface area (Å²) in [6.45, 7) is 0. The minimum absolute atomic E-state index is 0.0262. The van der Waals surface area contributed by atoms with E-state index in [0.29, 0.717) is 21.5 Å². The molecule has 0 aliphatic rings. The Bertz CT molecular complexity index is 1480. The first-order chi connectivity index (χ1) is 16.8. The van der Waals surface area contributed by atoms with Crippen LogP contribution in [0.5, 0.6) is 0 Å². The van der Waals surface area contributed by atoms with Gasteiger partial charge >= 0.3 is 0 Å². The molecule has 0 bridgehead atoms. The highest BCUT2D eigenvalue weighted by Crippen LogP contribution is 2.27. The zero-order chi connectivity index (χ0) is 24.8.